The summed E-state index contributed by atoms with van der Waals surface area (Å²) in [7, 11) is 1.36. The second-order valence-electron chi connectivity index (χ2n) is 9.62. The quantitative estimate of drug-likeness (QED) is 0.160. The van der Waals surface area contributed by atoms with E-state index >= 15 is 0 Å². The Kier molecular flexibility index (Phi) is 7.68. The zero-order valence-electron chi connectivity index (χ0n) is 20.5. The molecule has 1 fully saturated rings. The van der Waals surface area contributed by atoms with Crippen molar-refractivity contribution in [2.75, 3.05) is 5.32 Å². The van der Waals surface area contributed by atoms with Crippen molar-refractivity contribution in [3.05, 3.63) is 78.4 Å². The van der Waals surface area contributed by atoms with E-state index in [-0.39, 0.29) is 29.0 Å². The number of halogens is 6. The van der Waals surface area contributed by atoms with Gasteiger partial charge in [-0.15, -0.1) is 0 Å². The second-order valence-corrected chi connectivity index (χ2v) is 11.5. The average molecular weight is 690 g/mol. The van der Waals surface area contributed by atoms with Gasteiger partial charge in [0, 0.05) is 45.7 Å². The minimum Gasteiger partial charge on any atom is -0.380 e. The number of rotatable bonds is 6. The summed E-state index contributed by atoms with van der Waals surface area (Å²) in [6.07, 6.45) is 1.74. The highest BCUT2D eigenvalue weighted by Gasteiger charge is 2.34. The molecule has 0 bridgehead atoms. The molecule has 0 aliphatic heterocycles. The molecule has 1 aliphatic rings. The van der Waals surface area contributed by atoms with Crippen molar-refractivity contribution in [3.63, 3.8) is 0 Å². The molecule has 3 heterocycles. The summed E-state index contributed by atoms with van der Waals surface area (Å²) >= 11 is 2.00. The molecule has 15 heteroatoms. The fourth-order valence-electron chi connectivity index (χ4n) is 4.94. The average Bonchev–Trinajstić information content (AvgIpc) is 3.31. The summed E-state index contributed by atoms with van der Waals surface area (Å²) in [6.45, 7) is 0.410. The van der Waals surface area contributed by atoms with E-state index in [9.17, 15) is 31.5 Å². The third-order valence-electron chi connectivity index (χ3n) is 6.83. The van der Waals surface area contributed by atoms with Crippen LogP contribution in [-0.2, 0) is 18.4 Å². The second kappa shape index (κ2) is 10.8. The maximum atomic E-state index is 14.0. The molecular formula is C25H21F5IN6O2P. The van der Waals surface area contributed by atoms with E-state index < -0.39 is 28.5 Å². The molecule has 0 spiro atoms. The first-order valence-corrected chi connectivity index (χ1v) is 13.7. The Morgan fingerprint density at radius 2 is 1.82 bits per heavy atom. The van der Waals surface area contributed by atoms with E-state index in [2.05, 4.69) is 20.4 Å². The van der Waals surface area contributed by atoms with Crippen LogP contribution in [-0.4, -0.2) is 30.8 Å². The van der Waals surface area contributed by atoms with Crippen molar-refractivity contribution >= 4 is 48.3 Å². The zero-order valence-corrected chi connectivity index (χ0v) is 23.8. The SMILES string of the molecule is O=c1[nH]ncc(N[C@H]2CC[C@@H](Cn3ccc4cc(-c5ncc(C(F)(F)F)cn5)c(I)cc4c3=O)C2)c1C(F)(F)P. The first kappa shape index (κ1) is 28.5. The fourth-order valence-corrected chi connectivity index (χ4v) is 5.94. The molecule has 1 aromatic carbocycles. The van der Waals surface area contributed by atoms with Crippen LogP contribution < -0.4 is 16.4 Å². The van der Waals surface area contributed by atoms with Gasteiger partial charge in [-0.25, -0.2) is 15.1 Å². The number of aromatic amines is 1. The molecule has 3 atom stereocenters. The van der Waals surface area contributed by atoms with Gasteiger partial charge in [-0.3, -0.25) is 9.59 Å². The van der Waals surface area contributed by atoms with E-state index in [1.54, 1.807) is 29.0 Å². The third kappa shape index (κ3) is 5.87. The molecule has 210 valence electrons. The molecular weight excluding hydrogens is 669 g/mol. The summed E-state index contributed by atoms with van der Waals surface area (Å²) in [6, 6.07) is 4.91. The maximum Gasteiger partial charge on any atom is 0.419 e. The van der Waals surface area contributed by atoms with Crippen molar-refractivity contribution in [2.45, 2.75) is 43.7 Å². The lowest BCUT2D eigenvalue weighted by molar-refractivity contribution is -0.138. The number of pyridine rings is 1. The lowest BCUT2D eigenvalue weighted by atomic mass is 10.1. The van der Waals surface area contributed by atoms with Crippen LogP contribution in [0, 0.1) is 9.49 Å². The first-order valence-electron chi connectivity index (χ1n) is 12.0. The summed E-state index contributed by atoms with van der Waals surface area (Å²) in [5, 5.41) is 9.72. The van der Waals surface area contributed by atoms with Gasteiger partial charge in [0.15, 0.2) is 5.82 Å². The third-order valence-corrected chi connectivity index (χ3v) is 8.01. The van der Waals surface area contributed by atoms with Crippen LogP contribution in [0.1, 0.15) is 30.4 Å². The van der Waals surface area contributed by atoms with Crippen LogP contribution in [0.4, 0.5) is 27.6 Å². The van der Waals surface area contributed by atoms with Crippen LogP contribution in [0.3, 0.4) is 0 Å². The number of hydrogen-bond acceptors (Lipinski definition) is 6. The number of hydrogen-bond donors (Lipinski definition) is 2. The largest absolute Gasteiger partial charge is 0.419 e. The Balaban J connectivity index is 1.33. The Labute approximate surface area is 239 Å². The maximum absolute atomic E-state index is 14.0. The molecule has 4 aromatic rings. The van der Waals surface area contributed by atoms with Gasteiger partial charge >= 0.3 is 6.18 Å². The highest BCUT2D eigenvalue weighted by molar-refractivity contribution is 14.1. The van der Waals surface area contributed by atoms with Crippen LogP contribution in [0.25, 0.3) is 22.2 Å². The number of aromatic nitrogens is 5. The van der Waals surface area contributed by atoms with Crippen molar-refractivity contribution in [1.29, 1.82) is 0 Å². The molecule has 40 heavy (non-hydrogen) atoms. The van der Waals surface area contributed by atoms with E-state index in [0.717, 1.165) is 18.8 Å². The lowest BCUT2D eigenvalue weighted by Crippen LogP contribution is -2.27. The van der Waals surface area contributed by atoms with E-state index in [4.69, 9.17) is 0 Å². The summed E-state index contributed by atoms with van der Waals surface area (Å²) < 4.78 is 68.8. The number of anilines is 1. The smallest absolute Gasteiger partial charge is 0.380 e. The molecule has 5 rings (SSSR count). The van der Waals surface area contributed by atoms with Gasteiger partial charge in [0.05, 0.1) is 17.4 Å². The van der Waals surface area contributed by atoms with Crippen LogP contribution >= 0.6 is 31.8 Å². The van der Waals surface area contributed by atoms with Crippen molar-refractivity contribution in [1.82, 2.24) is 24.7 Å². The minimum atomic E-state index is -4.54. The predicted octanol–water partition coefficient (Wildman–Crippen LogP) is 5.37. The first-order chi connectivity index (χ1) is 18.8. The van der Waals surface area contributed by atoms with Gasteiger partial charge in [-0.1, -0.05) is 9.24 Å². The number of nitrogens with zero attached hydrogens (tertiary/aromatic N) is 4. The molecule has 1 unspecified atom stereocenters. The minimum absolute atomic E-state index is 0.0281. The normalized spacial score (nSPS) is 17.9. The Bertz CT molecular complexity index is 1690. The van der Waals surface area contributed by atoms with Gasteiger partial charge in [0.1, 0.15) is 5.56 Å². The number of benzene rings is 1. The molecule has 0 amide bonds. The van der Waals surface area contributed by atoms with Crippen LogP contribution in [0.15, 0.2) is 52.6 Å². The number of fused-ring (bicyclic) bond motifs is 1. The lowest BCUT2D eigenvalue weighted by Gasteiger charge is -2.19. The zero-order chi connectivity index (χ0) is 28.8. The van der Waals surface area contributed by atoms with Gasteiger partial charge in [0.25, 0.3) is 16.8 Å². The highest BCUT2D eigenvalue weighted by Crippen LogP contribution is 2.38. The van der Waals surface area contributed by atoms with Gasteiger partial charge in [0.2, 0.25) is 0 Å². The summed E-state index contributed by atoms with van der Waals surface area (Å²) in [5.41, 5.74) is -5.78. The molecule has 0 saturated heterocycles. The summed E-state index contributed by atoms with van der Waals surface area (Å²) in [4.78, 5) is 33.0. The Morgan fingerprint density at radius 3 is 2.50 bits per heavy atom. The van der Waals surface area contributed by atoms with E-state index in [1.165, 1.54) is 15.4 Å². The molecule has 0 radical (unpaired) electrons. The van der Waals surface area contributed by atoms with E-state index in [0.29, 0.717) is 39.3 Å². The topological polar surface area (TPSA) is 106 Å². The fraction of sp³-hybridized carbons (Fsp3) is 0.320. The van der Waals surface area contributed by atoms with Crippen molar-refractivity contribution < 1.29 is 22.0 Å². The van der Waals surface area contributed by atoms with Crippen LogP contribution in [0.2, 0.25) is 0 Å². The predicted molar refractivity (Wildman–Crippen MR) is 150 cm³/mol. The Hall–Kier alpha value is -3.00. The van der Waals surface area contributed by atoms with Crippen molar-refractivity contribution in [3.8, 4) is 11.4 Å². The number of nitrogens with one attached hydrogen (secondary N) is 2. The number of H-pyrrole nitrogens is 1. The van der Waals surface area contributed by atoms with Gasteiger partial charge in [-0.2, -0.15) is 27.1 Å². The highest BCUT2D eigenvalue weighted by atomic mass is 127. The molecule has 2 N–H and O–H groups in total. The van der Waals surface area contributed by atoms with Gasteiger partial charge < -0.3 is 9.88 Å². The monoisotopic (exact) mass is 690 g/mol. The summed E-state index contributed by atoms with van der Waals surface area (Å²) in [5.74, 6) is 0.202. The van der Waals surface area contributed by atoms with Gasteiger partial charge in [-0.05, 0) is 71.4 Å². The van der Waals surface area contributed by atoms with E-state index in [1.807, 2.05) is 27.7 Å². The van der Waals surface area contributed by atoms with Crippen LogP contribution in [0.5, 0.6) is 0 Å². The molecule has 1 saturated carbocycles. The molecule has 8 nitrogen and oxygen atoms in total. The Morgan fingerprint density at radius 1 is 1.10 bits per heavy atom. The molecule has 3 aromatic heterocycles. The number of alkyl halides is 5. The standard InChI is InChI=1S/C25H21F5IN6O2P/c26-24(27,28)14-8-32-21(33-9-14)17-6-13-3-4-37(23(39)16(13)7-18(17)31)11-12-1-2-15(5-12)35-19-10-34-36-22(38)20(19)25(29,30)40/h3-4,6-10,12,15H,1-2,5,11,40H2,(H2,35,36,38)/t12-,15+/m1/s1. The molecule has 1 aliphatic carbocycles. The van der Waals surface area contributed by atoms with Crippen molar-refractivity contribution in [2.24, 2.45) is 5.92 Å².